The van der Waals surface area contributed by atoms with Gasteiger partial charge in [0.1, 0.15) is 0 Å². The van der Waals surface area contributed by atoms with Gasteiger partial charge >= 0.3 is 6.03 Å². The summed E-state index contributed by atoms with van der Waals surface area (Å²) in [7, 11) is 1.38. The molecular weight excluding hydrogens is 144 g/mol. The van der Waals surface area contributed by atoms with Crippen LogP contribution in [0.25, 0.3) is 0 Å². The van der Waals surface area contributed by atoms with E-state index in [-0.39, 0.29) is 11.5 Å². The molecule has 58 valence electrons. The number of urea groups is 1. The monoisotopic (exact) mass is 152 g/mol. The Kier molecular flexibility index (Phi) is 1.60. The average molecular weight is 152 g/mol. The highest BCUT2D eigenvalue weighted by Gasteiger charge is 2.25. The first-order valence-corrected chi connectivity index (χ1v) is 3.10. The van der Waals surface area contributed by atoms with Gasteiger partial charge in [0.25, 0.3) is 5.91 Å². The molecule has 0 saturated carbocycles. The van der Waals surface area contributed by atoms with Gasteiger partial charge in [0.15, 0.2) is 0 Å². The number of imide groups is 1. The first kappa shape index (κ1) is 7.65. The summed E-state index contributed by atoms with van der Waals surface area (Å²) < 4.78 is 0. The Bertz CT molecular complexity index is 278. The Morgan fingerprint density at radius 2 is 2.00 bits per heavy atom. The summed E-state index contributed by atoms with van der Waals surface area (Å²) in [5.41, 5.74) is 0.685. The fraction of sp³-hybridized carbons (Fsp3) is 0.286. The van der Waals surface area contributed by atoms with Crippen LogP contribution in [0.3, 0.4) is 0 Å². The highest BCUT2D eigenvalue weighted by atomic mass is 16.2. The minimum atomic E-state index is -0.528. The smallest absolute Gasteiger partial charge is 0.269 e. The van der Waals surface area contributed by atoms with Gasteiger partial charge in [-0.1, -0.05) is 6.58 Å². The van der Waals surface area contributed by atoms with Gasteiger partial charge in [0.05, 0.1) is 11.3 Å². The lowest BCUT2D eigenvalue weighted by molar-refractivity contribution is -0.122. The Morgan fingerprint density at radius 1 is 1.45 bits per heavy atom. The first-order valence-electron chi connectivity index (χ1n) is 3.10. The molecular formula is C7H8N2O2. The highest BCUT2D eigenvalue weighted by molar-refractivity contribution is 6.28. The third-order valence-corrected chi connectivity index (χ3v) is 1.55. The first-order chi connectivity index (χ1) is 5.04. The van der Waals surface area contributed by atoms with Crippen LogP contribution in [0.1, 0.15) is 6.92 Å². The van der Waals surface area contributed by atoms with Gasteiger partial charge < -0.3 is 0 Å². The largest absolute Gasteiger partial charge is 0.350 e. The van der Waals surface area contributed by atoms with Crippen molar-refractivity contribution in [3.63, 3.8) is 0 Å². The second-order valence-corrected chi connectivity index (χ2v) is 2.32. The maximum absolute atomic E-state index is 11.1. The van der Waals surface area contributed by atoms with Crippen LogP contribution in [0, 0.1) is 0 Å². The van der Waals surface area contributed by atoms with Crippen molar-refractivity contribution in [1.82, 2.24) is 4.90 Å². The molecule has 0 bridgehead atoms. The van der Waals surface area contributed by atoms with Gasteiger partial charge in [-0.05, 0) is 6.92 Å². The van der Waals surface area contributed by atoms with E-state index in [1.165, 1.54) is 7.05 Å². The van der Waals surface area contributed by atoms with Crippen molar-refractivity contribution in [3.05, 3.63) is 12.2 Å². The highest BCUT2D eigenvalue weighted by Crippen LogP contribution is 2.08. The zero-order chi connectivity index (χ0) is 8.59. The van der Waals surface area contributed by atoms with Gasteiger partial charge in [-0.3, -0.25) is 9.69 Å². The van der Waals surface area contributed by atoms with E-state index in [1.54, 1.807) is 6.92 Å². The normalized spacial score (nSPS) is 18.9. The molecule has 4 nitrogen and oxygen atoms in total. The van der Waals surface area contributed by atoms with Gasteiger partial charge in [0.2, 0.25) is 0 Å². The van der Waals surface area contributed by atoms with Crippen molar-refractivity contribution in [1.29, 1.82) is 0 Å². The van der Waals surface area contributed by atoms with E-state index in [9.17, 15) is 9.59 Å². The minimum Gasteiger partial charge on any atom is -0.269 e. The van der Waals surface area contributed by atoms with E-state index in [4.69, 9.17) is 0 Å². The fourth-order valence-corrected chi connectivity index (χ4v) is 0.730. The van der Waals surface area contributed by atoms with Crippen LogP contribution in [0.15, 0.2) is 17.1 Å². The fourth-order valence-electron chi connectivity index (χ4n) is 0.730. The van der Waals surface area contributed by atoms with Crippen molar-refractivity contribution >= 4 is 17.6 Å². The van der Waals surface area contributed by atoms with Crippen molar-refractivity contribution < 1.29 is 9.59 Å². The Hall–Kier alpha value is -1.45. The average Bonchev–Trinajstić information content (AvgIpc) is 1.97. The van der Waals surface area contributed by atoms with Gasteiger partial charge in [0, 0.05) is 7.05 Å². The van der Waals surface area contributed by atoms with Crippen LogP contribution in [0.5, 0.6) is 0 Å². The number of rotatable bonds is 0. The molecule has 11 heavy (non-hydrogen) atoms. The van der Waals surface area contributed by atoms with E-state index in [0.29, 0.717) is 5.71 Å². The van der Waals surface area contributed by atoms with E-state index in [2.05, 4.69) is 11.6 Å². The molecule has 4 heteroatoms. The van der Waals surface area contributed by atoms with E-state index >= 15 is 0 Å². The Morgan fingerprint density at radius 3 is 2.55 bits per heavy atom. The summed E-state index contributed by atoms with van der Waals surface area (Å²) in [5, 5.41) is 0. The third kappa shape index (κ3) is 1.07. The van der Waals surface area contributed by atoms with E-state index in [1.807, 2.05) is 0 Å². The minimum absolute atomic E-state index is 0.284. The molecule has 0 unspecified atom stereocenters. The second-order valence-electron chi connectivity index (χ2n) is 2.32. The predicted molar refractivity (Wildman–Crippen MR) is 40.4 cm³/mol. The molecule has 1 rings (SSSR count). The lowest BCUT2D eigenvalue weighted by Crippen LogP contribution is -2.37. The topological polar surface area (TPSA) is 49.7 Å². The number of hydrogen-bond donors (Lipinski definition) is 0. The summed E-state index contributed by atoms with van der Waals surface area (Å²) in [6.45, 7) is 5.08. The van der Waals surface area contributed by atoms with Crippen molar-refractivity contribution in [2.75, 3.05) is 7.05 Å². The quantitative estimate of drug-likeness (QED) is 0.477. The maximum atomic E-state index is 11.1. The summed E-state index contributed by atoms with van der Waals surface area (Å²) in [6.07, 6.45) is 0. The van der Waals surface area contributed by atoms with E-state index < -0.39 is 6.03 Å². The molecule has 1 aliphatic heterocycles. The predicted octanol–water partition coefficient (Wildman–Crippen LogP) is 0.596. The summed E-state index contributed by atoms with van der Waals surface area (Å²) in [5.74, 6) is -0.373. The molecule has 0 radical (unpaired) electrons. The number of amides is 3. The zero-order valence-electron chi connectivity index (χ0n) is 6.42. The van der Waals surface area contributed by atoms with Gasteiger partial charge in [-0.15, -0.1) is 0 Å². The molecule has 0 aliphatic carbocycles. The van der Waals surface area contributed by atoms with Crippen molar-refractivity contribution in [2.24, 2.45) is 4.99 Å². The number of hydrogen-bond acceptors (Lipinski definition) is 2. The Labute approximate surface area is 64.2 Å². The summed E-state index contributed by atoms with van der Waals surface area (Å²) in [6, 6.07) is -0.528. The molecule has 0 aromatic heterocycles. The van der Waals surface area contributed by atoms with Crippen LogP contribution in [0.2, 0.25) is 0 Å². The molecule has 1 heterocycles. The molecule has 0 fully saturated rings. The summed E-state index contributed by atoms with van der Waals surface area (Å²) in [4.78, 5) is 26.4. The lowest BCUT2D eigenvalue weighted by atomic mass is 10.1. The summed E-state index contributed by atoms with van der Waals surface area (Å²) >= 11 is 0. The molecule has 3 amide bonds. The van der Waals surface area contributed by atoms with Crippen molar-refractivity contribution in [3.8, 4) is 0 Å². The number of likely N-dealkylation sites (N-methyl/N-ethyl adjacent to an activating group) is 1. The standard InChI is InChI=1S/C7H8N2O2/c1-4-5(2)8-7(11)9(3)6(4)10/h1H2,2-3H3. The molecule has 0 saturated heterocycles. The van der Waals surface area contributed by atoms with Crippen LogP contribution in [-0.2, 0) is 4.79 Å². The van der Waals surface area contributed by atoms with Crippen molar-refractivity contribution in [2.45, 2.75) is 6.92 Å². The second kappa shape index (κ2) is 2.30. The number of carbonyl (C=O) groups excluding carboxylic acids is 2. The number of aliphatic imine (C=N–C) groups is 1. The van der Waals surface area contributed by atoms with Gasteiger partial charge in [-0.2, -0.15) is 4.99 Å². The third-order valence-electron chi connectivity index (χ3n) is 1.55. The molecule has 0 N–H and O–H groups in total. The lowest BCUT2D eigenvalue weighted by Gasteiger charge is -2.18. The molecule has 1 aliphatic rings. The molecule has 0 aromatic carbocycles. The van der Waals surface area contributed by atoms with E-state index in [0.717, 1.165) is 4.90 Å². The number of nitrogens with zero attached hydrogens (tertiary/aromatic N) is 2. The van der Waals surface area contributed by atoms with Crippen LogP contribution >= 0.6 is 0 Å². The Balaban J connectivity index is 3.12. The molecule has 0 atom stereocenters. The zero-order valence-corrected chi connectivity index (χ0v) is 6.42. The SMILES string of the molecule is C=C1C(=O)N(C)C(=O)N=C1C. The molecule has 0 aromatic rings. The van der Waals surface area contributed by atoms with Crippen LogP contribution in [0.4, 0.5) is 4.79 Å². The maximum Gasteiger partial charge on any atom is 0.350 e. The molecule has 0 spiro atoms. The van der Waals surface area contributed by atoms with Gasteiger partial charge in [-0.25, -0.2) is 4.79 Å². The number of carbonyl (C=O) groups is 2. The van der Waals surface area contributed by atoms with Crippen LogP contribution in [-0.4, -0.2) is 29.6 Å². The van der Waals surface area contributed by atoms with Crippen LogP contribution < -0.4 is 0 Å².